The summed E-state index contributed by atoms with van der Waals surface area (Å²) in [6.07, 6.45) is 1.73. The maximum atomic E-state index is 5.69. The lowest BCUT2D eigenvalue weighted by molar-refractivity contribution is 0.491. The number of ether oxygens (including phenoxy) is 1. The number of hydrogen-bond acceptors (Lipinski definition) is 3. The van der Waals surface area contributed by atoms with Crippen LogP contribution in [0.25, 0.3) is 0 Å². The van der Waals surface area contributed by atoms with Gasteiger partial charge in [-0.15, -0.1) is 0 Å². The molecule has 0 fully saturated rings. The number of benzene rings is 1. The topological polar surface area (TPSA) is 22.1 Å². The van der Waals surface area contributed by atoms with E-state index in [2.05, 4.69) is 24.9 Å². The highest BCUT2D eigenvalue weighted by Gasteiger charge is 2.03. The highest BCUT2D eigenvalue weighted by atomic mass is 32.1. The van der Waals surface area contributed by atoms with Crippen molar-refractivity contribution in [2.45, 2.75) is 13.8 Å². The van der Waals surface area contributed by atoms with Gasteiger partial charge in [-0.05, 0) is 31.0 Å². The van der Waals surface area contributed by atoms with Gasteiger partial charge in [0.15, 0.2) is 0 Å². The standard InChI is InChI=1S/C11H11NOS/c1-8-4-3-5-10(9(8)2)13-11-6-12-7-14-11/h3-7H,1-2H3. The van der Waals surface area contributed by atoms with E-state index in [1.54, 1.807) is 11.7 Å². The molecular formula is C11H11NOS. The van der Waals surface area contributed by atoms with Crippen molar-refractivity contribution in [1.29, 1.82) is 0 Å². The van der Waals surface area contributed by atoms with Gasteiger partial charge in [0.05, 0.1) is 11.7 Å². The summed E-state index contributed by atoms with van der Waals surface area (Å²) in [6, 6.07) is 6.05. The van der Waals surface area contributed by atoms with E-state index in [4.69, 9.17) is 4.74 Å². The average molecular weight is 205 g/mol. The summed E-state index contributed by atoms with van der Waals surface area (Å²) in [5, 5.41) is 0.832. The van der Waals surface area contributed by atoms with Crippen molar-refractivity contribution in [3.8, 4) is 10.8 Å². The summed E-state index contributed by atoms with van der Waals surface area (Å²) in [4.78, 5) is 3.96. The highest BCUT2D eigenvalue weighted by Crippen LogP contribution is 2.28. The van der Waals surface area contributed by atoms with Crippen LogP contribution in [-0.2, 0) is 0 Å². The van der Waals surface area contributed by atoms with Gasteiger partial charge in [-0.1, -0.05) is 23.5 Å². The minimum atomic E-state index is 0.832. The van der Waals surface area contributed by atoms with Crippen LogP contribution in [0.1, 0.15) is 11.1 Å². The maximum absolute atomic E-state index is 5.69. The van der Waals surface area contributed by atoms with Gasteiger partial charge in [-0.3, -0.25) is 0 Å². The molecule has 0 aliphatic rings. The first-order chi connectivity index (χ1) is 6.77. The Balaban J connectivity index is 2.29. The molecule has 2 nitrogen and oxygen atoms in total. The lowest BCUT2D eigenvalue weighted by Crippen LogP contribution is -1.87. The Kier molecular flexibility index (Phi) is 2.50. The molecular weight excluding hydrogens is 194 g/mol. The van der Waals surface area contributed by atoms with Crippen molar-refractivity contribution in [3.05, 3.63) is 41.0 Å². The van der Waals surface area contributed by atoms with Crippen molar-refractivity contribution in [3.63, 3.8) is 0 Å². The summed E-state index contributed by atoms with van der Waals surface area (Å²) in [7, 11) is 0. The second-order valence-electron chi connectivity index (χ2n) is 3.12. The number of thiazole rings is 1. The van der Waals surface area contributed by atoms with Gasteiger partial charge in [-0.25, -0.2) is 4.98 Å². The zero-order valence-electron chi connectivity index (χ0n) is 8.15. The van der Waals surface area contributed by atoms with E-state index in [-0.39, 0.29) is 0 Å². The minimum absolute atomic E-state index is 0.832. The Hall–Kier alpha value is -1.35. The van der Waals surface area contributed by atoms with Crippen LogP contribution >= 0.6 is 11.3 Å². The number of nitrogens with zero attached hydrogens (tertiary/aromatic N) is 1. The number of rotatable bonds is 2. The summed E-state index contributed by atoms with van der Waals surface area (Å²) in [5.74, 6) is 0.911. The number of hydrogen-bond donors (Lipinski definition) is 0. The van der Waals surface area contributed by atoms with Crippen LogP contribution in [0.2, 0.25) is 0 Å². The Morgan fingerprint density at radius 2 is 2.14 bits per heavy atom. The normalized spacial score (nSPS) is 10.1. The molecule has 1 aromatic heterocycles. The summed E-state index contributed by atoms with van der Waals surface area (Å²) >= 11 is 1.50. The molecule has 0 saturated carbocycles. The fraction of sp³-hybridized carbons (Fsp3) is 0.182. The molecule has 0 aliphatic carbocycles. The summed E-state index contributed by atoms with van der Waals surface area (Å²) in [6.45, 7) is 4.14. The van der Waals surface area contributed by atoms with Gasteiger partial charge >= 0.3 is 0 Å². The molecule has 0 bridgehead atoms. The molecule has 2 aromatic rings. The van der Waals surface area contributed by atoms with Crippen LogP contribution in [-0.4, -0.2) is 4.98 Å². The van der Waals surface area contributed by atoms with Crippen molar-refractivity contribution < 1.29 is 4.74 Å². The molecule has 72 valence electrons. The second-order valence-corrected chi connectivity index (χ2v) is 3.97. The van der Waals surface area contributed by atoms with Crippen LogP contribution in [0.4, 0.5) is 0 Å². The predicted octanol–water partition coefficient (Wildman–Crippen LogP) is 3.55. The lowest BCUT2D eigenvalue weighted by atomic mass is 10.1. The zero-order chi connectivity index (χ0) is 9.97. The first-order valence-corrected chi connectivity index (χ1v) is 5.28. The van der Waals surface area contributed by atoms with E-state index >= 15 is 0 Å². The number of aryl methyl sites for hydroxylation is 1. The number of aromatic nitrogens is 1. The molecule has 0 saturated heterocycles. The molecule has 1 heterocycles. The van der Waals surface area contributed by atoms with Crippen LogP contribution in [0.15, 0.2) is 29.9 Å². The maximum Gasteiger partial charge on any atom is 0.200 e. The molecule has 0 radical (unpaired) electrons. The van der Waals surface area contributed by atoms with E-state index in [0.29, 0.717) is 0 Å². The fourth-order valence-corrected chi connectivity index (χ4v) is 1.68. The van der Waals surface area contributed by atoms with Crippen LogP contribution in [0.5, 0.6) is 10.8 Å². The third kappa shape index (κ3) is 1.77. The Labute approximate surface area is 87.2 Å². The molecule has 0 atom stereocenters. The van der Waals surface area contributed by atoms with E-state index in [9.17, 15) is 0 Å². The van der Waals surface area contributed by atoms with Gasteiger partial charge in [0, 0.05) is 0 Å². The van der Waals surface area contributed by atoms with Crippen molar-refractivity contribution in [2.75, 3.05) is 0 Å². The van der Waals surface area contributed by atoms with E-state index < -0.39 is 0 Å². The largest absolute Gasteiger partial charge is 0.445 e. The van der Waals surface area contributed by atoms with Crippen molar-refractivity contribution >= 4 is 11.3 Å². The monoisotopic (exact) mass is 205 g/mol. The molecule has 1 aromatic carbocycles. The zero-order valence-corrected chi connectivity index (χ0v) is 8.97. The van der Waals surface area contributed by atoms with E-state index in [1.165, 1.54) is 22.5 Å². The first-order valence-electron chi connectivity index (χ1n) is 4.40. The summed E-state index contributed by atoms with van der Waals surface area (Å²) in [5.41, 5.74) is 4.19. The average Bonchev–Trinajstić information content (AvgIpc) is 2.66. The molecule has 2 rings (SSSR count). The third-order valence-corrected chi connectivity index (χ3v) is 2.82. The first kappa shape index (κ1) is 9.21. The quantitative estimate of drug-likeness (QED) is 0.748. The SMILES string of the molecule is Cc1cccc(Oc2cncs2)c1C. The Morgan fingerprint density at radius 1 is 1.29 bits per heavy atom. The molecule has 0 N–H and O–H groups in total. The van der Waals surface area contributed by atoms with Crippen LogP contribution in [0.3, 0.4) is 0 Å². The van der Waals surface area contributed by atoms with Crippen LogP contribution in [0, 0.1) is 13.8 Å². The molecule has 0 unspecified atom stereocenters. The van der Waals surface area contributed by atoms with Crippen molar-refractivity contribution in [2.24, 2.45) is 0 Å². The molecule has 0 spiro atoms. The molecule has 3 heteroatoms. The van der Waals surface area contributed by atoms with E-state index in [0.717, 1.165) is 10.8 Å². The van der Waals surface area contributed by atoms with Crippen molar-refractivity contribution in [1.82, 2.24) is 4.98 Å². The lowest BCUT2D eigenvalue weighted by Gasteiger charge is -2.07. The molecule has 0 amide bonds. The highest BCUT2D eigenvalue weighted by molar-refractivity contribution is 7.11. The minimum Gasteiger partial charge on any atom is -0.445 e. The Bertz CT molecular complexity index is 423. The Morgan fingerprint density at radius 3 is 2.86 bits per heavy atom. The molecule has 0 aliphatic heterocycles. The van der Waals surface area contributed by atoms with E-state index in [1.807, 2.05) is 12.1 Å². The van der Waals surface area contributed by atoms with Gasteiger partial charge in [0.25, 0.3) is 0 Å². The van der Waals surface area contributed by atoms with Crippen LogP contribution < -0.4 is 4.74 Å². The fourth-order valence-electron chi connectivity index (χ4n) is 1.20. The van der Waals surface area contributed by atoms with Gasteiger partial charge in [0.2, 0.25) is 5.06 Å². The van der Waals surface area contributed by atoms with Gasteiger partial charge in [-0.2, -0.15) is 0 Å². The third-order valence-electron chi connectivity index (χ3n) is 2.18. The molecule has 14 heavy (non-hydrogen) atoms. The van der Waals surface area contributed by atoms with Gasteiger partial charge in [0.1, 0.15) is 5.75 Å². The smallest absolute Gasteiger partial charge is 0.200 e. The summed E-state index contributed by atoms with van der Waals surface area (Å²) < 4.78 is 5.69. The second kappa shape index (κ2) is 3.80. The van der Waals surface area contributed by atoms with Gasteiger partial charge < -0.3 is 4.74 Å². The predicted molar refractivity (Wildman–Crippen MR) is 58.1 cm³/mol.